The molecule has 9 nitrogen and oxygen atoms in total. The van der Waals surface area contributed by atoms with E-state index in [9.17, 15) is 13.2 Å². The Balaban J connectivity index is 0.00000408. The number of aryl methyl sites for hydroxylation is 1. The minimum atomic E-state index is -4.17. The van der Waals surface area contributed by atoms with Crippen molar-refractivity contribution in [1.82, 2.24) is 19.8 Å². The van der Waals surface area contributed by atoms with Gasteiger partial charge in [0.05, 0.1) is 12.7 Å². The molecule has 12 heteroatoms. The van der Waals surface area contributed by atoms with Gasteiger partial charge in [0, 0.05) is 49.0 Å². The predicted octanol–water partition coefficient (Wildman–Crippen LogP) is 2.71. The van der Waals surface area contributed by atoms with Gasteiger partial charge in [0.2, 0.25) is 0 Å². The number of nitrogens with zero attached hydrogens (tertiary/aromatic N) is 2. The molecule has 2 amide bonds. The molecule has 1 saturated heterocycles. The molecule has 0 spiro atoms. The van der Waals surface area contributed by atoms with E-state index in [1.54, 1.807) is 19.2 Å². The zero-order valence-electron chi connectivity index (χ0n) is 19.6. The number of urea groups is 1. The van der Waals surface area contributed by atoms with E-state index in [1.807, 2.05) is 27.7 Å². The molecule has 34 heavy (non-hydrogen) atoms. The number of nitrogens with one attached hydrogen (secondary N) is 3. The third-order valence-electron chi connectivity index (χ3n) is 5.54. The van der Waals surface area contributed by atoms with Crippen molar-refractivity contribution in [2.75, 3.05) is 25.0 Å². The molecule has 184 valence electrons. The van der Waals surface area contributed by atoms with Gasteiger partial charge in [-0.15, -0.1) is 0 Å². The van der Waals surface area contributed by atoms with Gasteiger partial charge >= 0.3 is 35.6 Å². The average molecular weight is 522 g/mol. The normalized spacial score (nSPS) is 16.4. The molecule has 0 saturated carbocycles. The van der Waals surface area contributed by atoms with Gasteiger partial charge in [-0.05, 0) is 35.1 Å². The summed E-state index contributed by atoms with van der Waals surface area (Å²) in [6.45, 7) is 10.0. The first-order chi connectivity index (χ1) is 15.5. The number of anilines is 1. The summed E-state index contributed by atoms with van der Waals surface area (Å²) in [4.78, 5) is 12.7. The molecule has 1 aromatic heterocycles. The SMILES string of the molecule is CC(C)c1cc(Cl)cc(C(C)C)c1NC(=O)NS(=O)(=O)c1cc(CC2CNCCO2)n(C)n1.[NaH]. The van der Waals surface area contributed by atoms with Gasteiger partial charge < -0.3 is 15.4 Å². The molecule has 1 aliphatic rings. The standard InChI is InChI=1S/C22H32ClN5O4S.Na.H/c1-13(2)18-8-15(23)9-19(14(3)4)21(18)25-22(29)27-33(30,31)20-11-16(28(5)26-20)10-17-12-24-6-7-32-17;;/h8-9,11,13-14,17,24H,6-7,10,12H2,1-5H3,(H2,25,27,29);;. The zero-order valence-corrected chi connectivity index (χ0v) is 21.2. The number of amides is 2. The number of carbonyl (C=O) groups excluding carboxylic acids is 1. The van der Waals surface area contributed by atoms with E-state index in [0.717, 1.165) is 17.7 Å². The third-order valence-corrected chi connectivity index (χ3v) is 6.97. The number of hydrogen-bond donors (Lipinski definition) is 3. The molecular formula is C22H33ClN5NaO4S. The van der Waals surface area contributed by atoms with Gasteiger partial charge in [-0.25, -0.2) is 9.52 Å². The summed E-state index contributed by atoms with van der Waals surface area (Å²) in [5, 5.41) is 10.4. The number of ether oxygens (including phenoxy) is 1. The number of aromatic nitrogens is 2. The molecular weight excluding hydrogens is 489 g/mol. The molecule has 3 N–H and O–H groups in total. The topological polar surface area (TPSA) is 114 Å². The van der Waals surface area contributed by atoms with Gasteiger partial charge in [0.15, 0.2) is 5.03 Å². The Kier molecular flexibility index (Phi) is 10.4. The van der Waals surface area contributed by atoms with Crippen LogP contribution in [0.5, 0.6) is 0 Å². The van der Waals surface area contributed by atoms with E-state index in [4.69, 9.17) is 16.3 Å². The number of carbonyl (C=O) groups is 1. The fourth-order valence-corrected chi connectivity index (χ4v) is 4.96. The summed E-state index contributed by atoms with van der Waals surface area (Å²) in [6, 6.07) is 4.19. The van der Waals surface area contributed by atoms with Crippen LogP contribution in [0, 0.1) is 0 Å². The Morgan fingerprint density at radius 2 is 1.85 bits per heavy atom. The summed E-state index contributed by atoms with van der Waals surface area (Å²) in [5.74, 6) is 0.144. The minimum absolute atomic E-state index is 0. The molecule has 0 radical (unpaired) electrons. The number of rotatable bonds is 7. The van der Waals surface area contributed by atoms with Crippen LogP contribution in [0.3, 0.4) is 0 Å². The van der Waals surface area contributed by atoms with Gasteiger partial charge in [-0.2, -0.15) is 13.5 Å². The van der Waals surface area contributed by atoms with Gasteiger partial charge in [-0.1, -0.05) is 39.3 Å². The number of morpholine rings is 1. The second-order valence-corrected chi connectivity index (χ2v) is 10.9. The van der Waals surface area contributed by atoms with Crippen LogP contribution in [0.1, 0.15) is 56.4 Å². The summed E-state index contributed by atoms with van der Waals surface area (Å²) in [7, 11) is -2.50. The molecule has 1 aliphatic heterocycles. The van der Waals surface area contributed by atoms with Crippen molar-refractivity contribution in [2.24, 2.45) is 7.05 Å². The fourth-order valence-electron chi connectivity index (χ4n) is 3.80. The Bertz CT molecular complexity index is 1090. The van der Waals surface area contributed by atoms with Crippen LogP contribution in [-0.4, -0.2) is 79.6 Å². The van der Waals surface area contributed by atoms with Crippen LogP contribution in [0.2, 0.25) is 5.02 Å². The Morgan fingerprint density at radius 1 is 1.24 bits per heavy atom. The molecule has 1 fully saturated rings. The zero-order chi connectivity index (χ0) is 24.3. The van der Waals surface area contributed by atoms with E-state index < -0.39 is 16.1 Å². The fraction of sp³-hybridized carbons (Fsp3) is 0.545. The quantitative estimate of drug-likeness (QED) is 0.483. The third kappa shape index (κ3) is 7.19. The molecule has 0 aliphatic carbocycles. The molecule has 1 atom stereocenters. The van der Waals surface area contributed by atoms with Crippen molar-refractivity contribution >= 4 is 62.9 Å². The molecule has 2 aromatic rings. The second kappa shape index (κ2) is 12.2. The summed E-state index contributed by atoms with van der Waals surface area (Å²) in [5.41, 5.74) is 2.94. The molecule has 3 rings (SSSR count). The van der Waals surface area contributed by atoms with Crippen molar-refractivity contribution in [3.05, 3.63) is 40.0 Å². The van der Waals surface area contributed by atoms with E-state index in [2.05, 4.69) is 20.5 Å². The van der Waals surface area contributed by atoms with E-state index in [0.29, 0.717) is 36.0 Å². The van der Waals surface area contributed by atoms with Crippen LogP contribution in [0.25, 0.3) is 0 Å². The van der Waals surface area contributed by atoms with Crippen molar-refractivity contribution < 1.29 is 17.9 Å². The average Bonchev–Trinajstić information content (AvgIpc) is 3.10. The van der Waals surface area contributed by atoms with E-state index in [1.165, 1.54) is 10.7 Å². The monoisotopic (exact) mass is 521 g/mol. The Hall–Kier alpha value is -1.14. The number of benzene rings is 1. The van der Waals surface area contributed by atoms with Crippen LogP contribution >= 0.6 is 11.6 Å². The van der Waals surface area contributed by atoms with Crippen molar-refractivity contribution in [3.8, 4) is 0 Å². The van der Waals surface area contributed by atoms with Crippen LogP contribution in [-0.2, 0) is 28.2 Å². The Morgan fingerprint density at radius 3 is 2.38 bits per heavy atom. The van der Waals surface area contributed by atoms with Crippen LogP contribution < -0.4 is 15.4 Å². The maximum atomic E-state index is 12.9. The molecule has 0 bridgehead atoms. The molecule has 1 unspecified atom stereocenters. The first kappa shape index (κ1) is 29.1. The first-order valence-corrected chi connectivity index (χ1v) is 12.9. The molecule has 2 heterocycles. The van der Waals surface area contributed by atoms with E-state index in [-0.39, 0.29) is 52.5 Å². The van der Waals surface area contributed by atoms with Crippen molar-refractivity contribution in [2.45, 2.75) is 57.1 Å². The van der Waals surface area contributed by atoms with Crippen molar-refractivity contribution in [3.63, 3.8) is 0 Å². The predicted molar refractivity (Wildman–Crippen MR) is 136 cm³/mol. The Labute approximate surface area is 228 Å². The first-order valence-electron chi connectivity index (χ1n) is 11.0. The van der Waals surface area contributed by atoms with Gasteiger partial charge in [0.25, 0.3) is 10.0 Å². The number of sulfonamides is 1. The second-order valence-electron chi connectivity index (χ2n) is 8.83. The molecule has 1 aromatic carbocycles. The van der Waals surface area contributed by atoms with Crippen LogP contribution in [0.15, 0.2) is 23.2 Å². The number of hydrogen-bond acceptors (Lipinski definition) is 6. The van der Waals surface area contributed by atoms with Gasteiger partial charge in [0.1, 0.15) is 0 Å². The van der Waals surface area contributed by atoms with Crippen molar-refractivity contribution in [1.29, 1.82) is 0 Å². The number of halogens is 1. The summed E-state index contributed by atoms with van der Waals surface area (Å²) < 4.78 is 35.0. The van der Waals surface area contributed by atoms with E-state index >= 15 is 0 Å². The summed E-state index contributed by atoms with van der Waals surface area (Å²) in [6.07, 6.45) is 0.452. The maximum absolute atomic E-state index is 12.9. The summed E-state index contributed by atoms with van der Waals surface area (Å²) >= 11 is 6.27. The van der Waals surface area contributed by atoms with Crippen LogP contribution in [0.4, 0.5) is 10.5 Å². The van der Waals surface area contributed by atoms with Gasteiger partial charge in [-0.3, -0.25) is 4.68 Å².